The Morgan fingerprint density at radius 1 is 1.07 bits per heavy atom. The minimum atomic E-state index is -0.0152. The highest BCUT2D eigenvalue weighted by molar-refractivity contribution is 5.96. The molecule has 1 fully saturated rings. The lowest BCUT2D eigenvalue weighted by Gasteiger charge is -2.26. The molecule has 2 aromatic carbocycles. The fourth-order valence-electron chi connectivity index (χ4n) is 4.25. The molecule has 1 N–H and O–H groups in total. The number of benzene rings is 2. The molecule has 1 saturated heterocycles. The van der Waals surface area contributed by atoms with Crippen LogP contribution in [0, 0.1) is 0 Å². The Hall–Kier alpha value is -2.77. The fourth-order valence-corrected chi connectivity index (χ4v) is 4.25. The number of rotatable bonds is 6. The fraction of sp³-hybridized carbons (Fsp3) is 0.435. The van der Waals surface area contributed by atoms with Gasteiger partial charge in [0.15, 0.2) is 11.5 Å². The molecule has 1 atom stereocenters. The molecule has 7 heteroatoms. The molecule has 0 aliphatic carbocycles. The van der Waals surface area contributed by atoms with Gasteiger partial charge in [-0.15, -0.1) is 0 Å². The predicted octanol–water partition coefficient (Wildman–Crippen LogP) is 2.99. The number of hydrogen-bond acceptors (Lipinski definition) is 6. The maximum absolute atomic E-state index is 12.3. The number of morpholine rings is 1. The average molecular weight is 410 g/mol. The third-order valence-corrected chi connectivity index (χ3v) is 5.86. The summed E-state index contributed by atoms with van der Waals surface area (Å²) in [7, 11) is 0. The Bertz CT molecular complexity index is 909. The highest BCUT2D eigenvalue weighted by Gasteiger charge is 2.29. The van der Waals surface area contributed by atoms with Gasteiger partial charge in [-0.25, -0.2) is 0 Å². The van der Waals surface area contributed by atoms with Crippen LogP contribution >= 0.6 is 0 Å². The normalized spacial score (nSPS) is 20.5. The van der Waals surface area contributed by atoms with Crippen molar-refractivity contribution in [1.82, 2.24) is 4.90 Å². The van der Waals surface area contributed by atoms with Crippen LogP contribution in [0.4, 0.5) is 5.69 Å². The maximum Gasteiger partial charge on any atom is 0.231 e. The van der Waals surface area contributed by atoms with Gasteiger partial charge in [-0.1, -0.05) is 12.1 Å². The van der Waals surface area contributed by atoms with Crippen LogP contribution in [0.15, 0.2) is 36.4 Å². The number of carbonyl (C=O) groups excluding carboxylic acids is 1. The van der Waals surface area contributed by atoms with Gasteiger partial charge in [-0.3, -0.25) is 9.69 Å². The van der Waals surface area contributed by atoms with E-state index in [-0.39, 0.29) is 18.6 Å². The standard InChI is InChI=1S/C23H26N2O5/c26-23-13-18(19-12-21-22(30-15-29-21)14-20(19)24-23)16-2-4-17(5-3-16)28-9-1-6-25-7-10-27-11-8-25/h2-5,12,14,18H,1,6-11,13,15H2,(H,24,26). The number of nitrogens with zero attached hydrogens (tertiary/aromatic N) is 1. The van der Waals surface area contributed by atoms with E-state index in [0.717, 1.165) is 67.6 Å². The number of carbonyl (C=O) groups is 1. The van der Waals surface area contributed by atoms with E-state index in [2.05, 4.69) is 22.3 Å². The zero-order chi connectivity index (χ0) is 20.3. The molecule has 3 aliphatic rings. The van der Waals surface area contributed by atoms with Crippen LogP contribution in [-0.2, 0) is 9.53 Å². The first kappa shape index (κ1) is 19.2. The van der Waals surface area contributed by atoms with Gasteiger partial charge in [-0.05, 0) is 35.7 Å². The molecule has 7 nitrogen and oxygen atoms in total. The first-order valence-corrected chi connectivity index (χ1v) is 10.5. The summed E-state index contributed by atoms with van der Waals surface area (Å²) in [5.74, 6) is 2.26. The van der Waals surface area contributed by atoms with Crippen molar-refractivity contribution in [3.63, 3.8) is 0 Å². The van der Waals surface area contributed by atoms with Gasteiger partial charge in [0, 0.05) is 43.7 Å². The van der Waals surface area contributed by atoms with E-state index in [1.807, 2.05) is 24.3 Å². The summed E-state index contributed by atoms with van der Waals surface area (Å²) >= 11 is 0. The van der Waals surface area contributed by atoms with Gasteiger partial charge >= 0.3 is 0 Å². The largest absolute Gasteiger partial charge is 0.494 e. The van der Waals surface area contributed by atoms with Gasteiger partial charge in [0.2, 0.25) is 12.7 Å². The molecule has 30 heavy (non-hydrogen) atoms. The van der Waals surface area contributed by atoms with Crippen molar-refractivity contribution < 1.29 is 23.7 Å². The van der Waals surface area contributed by atoms with Crippen molar-refractivity contribution in [2.24, 2.45) is 0 Å². The zero-order valence-electron chi connectivity index (χ0n) is 16.9. The number of amides is 1. The summed E-state index contributed by atoms with van der Waals surface area (Å²) in [6, 6.07) is 11.9. The van der Waals surface area contributed by atoms with E-state index in [4.69, 9.17) is 18.9 Å². The SMILES string of the molecule is O=C1CC(c2ccc(OCCCN3CCOCC3)cc2)c2cc3c(cc2N1)OCO3. The van der Waals surface area contributed by atoms with Gasteiger partial charge in [0.25, 0.3) is 0 Å². The highest BCUT2D eigenvalue weighted by Crippen LogP contribution is 2.44. The van der Waals surface area contributed by atoms with Crippen molar-refractivity contribution in [2.45, 2.75) is 18.8 Å². The molecule has 1 amide bonds. The molecule has 0 radical (unpaired) electrons. The van der Waals surface area contributed by atoms with Crippen LogP contribution in [0.3, 0.4) is 0 Å². The van der Waals surface area contributed by atoms with Crippen LogP contribution in [0.1, 0.15) is 29.9 Å². The lowest BCUT2D eigenvalue weighted by atomic mass is 9.84. The highest BCUT2D eigenvalue weighted by atomic mass is 16.7. The van der Waals surface area contributed by atoms with Crippen LogP contribution in [-0.4, -0.2) is 57.1 Å². The van der Waals surface area contributed by atoms with Crippen molar-refractivity contribution in [3.05, 3.63) is 47.5 Å². The number of nitrogens with one attached hydrogen (secondary N) is 1. The first-order chi connectivity index (χ1) is 14.8. The number of anilines is 1. The van der Waals surface area contributed by atoms with Crippen LogP contribution in [0.2, 0.25) is 0 Å². The molecule has 1 unspecified atom stereocenters. The summed E-state index contributed by atoms with van der Waals surface area (Å²) in [4.78, 5) is 14.7. The summed E-state index contributed by atoms with van der Waals surface area (Å²) in [6.45, 7) is 5.60. The van der Waals surface area contributed by atoms with Crippen LogP contribution in [0.5, 0.6) is 17.2 Å². The zero-order valence-corrected chi connectivity index (χ0v) is 16.9. The van der Waals surface area contributed by atoms with Gasteiger partial charge in [-0.2, -0.15) is 0 Å². The second kappa shape index (κ2) is 8.53. The number of ether oxygens (including phenoxy) is 4. The minimum Gasteiger partial charge on any atom is -0.494 e. The van der Waals surface area contributed by atoms with E-state index < -0.39 is 0 Å². The van der Waals surface area contributed by atoms with Crippen molar-refractivity contribution in [2.75, 3.05) is 51.6 Å². The Kier molecular flexibility index (Phi) is 5.46. The molecule has 158 valence electrons. The summed E-state index contributed by atoms with van der Waals surface area (Å²) in [5.41, 5.74) is 2.94. The smallest absolute Gasteiger partial charge is 0.231 e. The Labute approximate surface area is 175 Å². The minimum absolute atomic E-state index is 0.00908. The summed E-state index contributed by atoms with van der Waals surface area (Å²) < 4.78 is 22.3. The summed E-state index contributed by atoms with van der Waals surface area (Å²) in [5, 5.41) is 2.95. The van der Waals surface area contributed by atoms with Crippen LogP contribution in [0.25, 0.3) is 0 Å². The molecule has 0 aromatic heterocycles. The molecule has 3 aliphatic heterocycles. The number of hydrogen-bond donors (Lipinski definition) is 1. The van der Waals surface area contributed by atoms with Crippen LogP contribution < -0.4 is 19.5 Å². The monoisotopic (exact) mass is 410 g/mol. The third-order valence-electron chi connectivity index (χ3n) is 5.86. The van der Waals surface area contributed by atoms with Crippen molar-refractivity contribution in [1.29, 1.82) is 0 Å². The molecule has 3 heterocycles. The second-order valence-corrected chi connectivity index (χ2v) is 7.82. The Morgan fingerprint density at radius 2 is 1.83 bits per heavy atom. The van der Waals surface area contributed by atoms with Gasteiger partial charge in [0.1, 0.15) is 5.75 Å². The second-order valence-electron chi connectivity index (χ2n) is 7.82. The Morgan fingerprint density at radius 3 is 2.63 bits per heavy atom. The lowest BCUT2D eigenvalue weighted by molar-refractivity contribution is -0.116. The van der Waals surface area contributed by atoms with E-state index in [9.17, 15) is 4.79 Å². The van der Waals surface area contributed by atoms with Crippen molar-refractivity contribution >= 4 is 11.6 Å². The lowest BCUT2D eigenvalue weighted by Crippen LogP contribution is -2.37. The molecule has 2 aromatic rings. The molecule has 0 bridgehead atoms. The third kappa shape index (κ3) is 4.08. The molecule has 0 spiro atoms. The van der Waals surface area contributed by atoms with E-state index in [1.165, 1.54) is 0 Å². The summed E-state index contributed by atoms with van der Waals surface area (Å²) in [6.07, 6.45) is 1.40. The average Bonchev–Trinajstić information content (AvgIpc) is 3.23. The number of fused-ring (bicyclic) bond motifs is 2. The quantitative estimate of drug-likeness (QED) is 0.739. The Balaban J connectivity index is 1.23. The topological polar surface area (TPSA) is 69.3 Å². The molecular weight excluding hydrogens is 384 g/mol. The van der Waals surface area contributed by atoms with E-state index >= 15 is 0 Å². The van der Waals surface area contributed by atoms with Crippen molar-refractivity contribution in [3.8, 4) is 17.2 Å². The van der Waals surface area contributed by atoms with E-state index in [1.54, 1.807) is 0 Å². The van der Waals surface area contributed by atoms with Gasteiger partial charge < -0.3 is 24.3 Å². The molecule has 0 saturated carbocycles. The predicted molar refractivity (Wildman–Crippen MR) is 111 cm³/mol. The van der Waals surface area contributed by atoms with Gasteiger partial charge in [0.05, 0.1) is 19.8 Å². The maximum atomic E-state index is 12.3. The molecular formula is C23H26N2O5. The van der Waals surface area contributed by atoms with E-state index in [0.29, 0.717) is 18.8 Å². The molecule has 5 rings (SSSR count). The first-order valence-electron chi connectivity index (χ1n) is 10.5.